The minimum absolute atomic E-state index is 0.533. The van der Waals surface area contributed by atoms with E-state index in [4.69, 9.17) is 10.0 Å². The predicted molar refractivity (Wildman–Crippen MR) is 33.2 cm³/mol. The molecule has 0 radical (unpaired) electrons. The maximum atomic E-state index is 8.08. The van der Waals surface area contributed by atoms with E-state index >= 15 is 0 Å². The van der Waals surface area contributed by atoms with Crippen LogP contribution in [0, 0.1) is 0 Å². The lowest BCUT2D eigenvalue weighted by atomic mass is 10.2. The van der Waals surface area contributed by atoms with Gasteiger partial charge in [-0.05, 0) is 20.8 Å². The molecule has 0 aliphatic heterocycles. The average molecular weight is 150 g/mol. The van der Waals surface area contributed by atoms with Crippen LogP contribution in [-0.2, 0) is 14.7 Å². The smallest absolute Gasteiger partial charge is 0.400 e. The Labute approximate surface area is 59.5 Å². The van der Waals surface area contributed by atoms with E-state index in [-0.39, 0.29) is 0 Å². The van der Waals surface area contributed by atoms with Gasteiger partial charge < -0.3 is 10.0 Å². The third-order valence-electron chi connectivity index (χ3n) is 0.409. The highest BCUT2D eigenvalue weighted by molar-refractivity contribution is 6.32. The maximum absolute atomic E-state index is 8.08. The molecule has 0 saturated carbocycles. The van der Waals surface area contributed by atoms with E-state index in [1.807, 2.05) is 0 Å². The second kappa shape index (κ2) is 3.90. The Hall–Kier alpha value is -0.135. The summed E-state index contributed by atoms with van der Waals surface area (Å²) in [6.45, 7) is 5.17. The third kappa shape index (κ3) is 7.86. The Bertz CT molecular complexity index is 88.1. The topological polar surface area (TPSA) is 68.2 Å². The van der Waals surface area contributed by atoms with Gasteiger partial charge in [0.1, 0.15) is 0 Å². The summed E-state index contributed by atoms with van der Waals surface area (Å²) in [5.41, 5.74) is -0.533. The van der Waals surface area contributed by atoms with Crippen molar-refractivity contribution in [2.24, 2.45) is 0 Å². The lowest BCUT2D eigenvalue weighted by Crippen LogP contribution is -2.24. The van der Waals surface area contributed by atoms with Crippen molar-refractivity contribution < 1.29 is 24.8 Å². The highest BCUT2D eigenvalue weighted by Gasteiger charge is 2.16. The molecule has 0 heterocycles. The van der Waals surface area contributed by atoms with Gasteiger partial charge in [-0.3, -0.25) is 0 Å². The summed E-state index contributed by atoms with van der Waals surface area (Å²) >= 11 is 0. The molecule has 0 aliphatic carbocycles. The predicted octanol–water partition coefficient (Wildman–Crippen LogP) is -0.366. The second-order valence-electron chi connectivity index (χ2n) is 2.69. The van der Waals surface area contributed by atoms with E-state index in [0.29, 0.717) is 0 Å². The van der Waals surface area contributed by atoms with Gasteiger partial charge in [0.25, 0.3) is 0 Å². The largest absolute Gasteiger partial charge is 0.664 e. The zero-order chi connectivity index (χ0) is 8.20. The van der Waals surface area contributed by atoms with Crippen molar-refractivity contribution in [1.82, 2.24) is 0 Å². The molecule has 0 amide bonds. The molecule has 0 aromatic rings. The molecule has 5 nitrogen and oxygen atoms in total. The molecule has 0 bridgehead atoms. The Kier molecular flexibility index (Phi) is 3.84. The molecule has 0 spiro atoms. The van der Waals surface area contributed by atoms with Crippen molar-refractivity contribution in [2.45, 2.75) is 26.4 Å². The fourth-order valence-corrected chi connectivity index (χ4v) is 0.157. The van der Waals surface area contributed by atoms with Gasteiger partial charge in [-0.2, -0.15) is 0 Å². The van der Waals surface area contributed by atoms with Crippen LogP contribution in [0.25, 0.3) is 0 Å². The van der Waals surface area contributed by atoms with E-state index in [0.717, 1.165) is 0 Å². The van der Waals surface area contributed by atoms with Crippen LogP contribution in [0.2, 0.25) is 0 Å². The van der Waals surface area contributed by atoms with Crippen molar-refractivity contribution in [3.63, 3.8) is 0 Å². The first-order chi connectivity index (χ1) is 4.42. The summed E-state index contributed by atoms with van der Waals surface area (Å²) in [6, 6.07) is 0. The molecule has 0 unspecified atom stereocenters. The molecule has 0 rings (SSSR count). The molecule has 2 N–H and O–H groups in total. The van der Waals surface area contributed by atoms with Crippen LogP contribution in [0.3, 0.4) is 0 Å². The molecule has 0 fully saturated rings. The molecule has 10 heavy (non-hydrogen) atoms. The third-order valence-corrected chi connectivity index (χ3v) is 0.409. The molecular weight excluding hydrogens is 139 g/mol. The monoisotopic (exact) mass is 150 g/mol. The molecule has 60 valence electrons. The SMILES string of the molecule is CC(C)(C)OOOB(O)O. The van der Waals surface area contributed by atoms with Crippen LogP contribution < -0.4 is 0 Å². The Morgan fingerprint density at radius 1 is 1.20 bits per heavy atom. The quantitative estimate of drug-likeness (QED) is 0.326. The molecule has 6 heteroatoms. The molecule has 0 saturated heterocycles. The van der Waals surface area contributed by atoms with Gasteiger partial charge >= 0.3 is 7.32 Å². The molecular formula is C4H11BO5. The summed E-state index contributed by atoms with van der Waals surface area (Å²) in [5.74, 6) is 0. The van der Waals surface area contributed by atoms with Crippen molar-refractivity contribution >= 4 is 7.32 Å². The van der Waals surface area contributed by atoms with Gasteiger partial charge in [0.05, 0.1) is 5.60 Å². The van der Waals surface area contributed by atoms with Crippen molar-refractivity contribution in [1.29, 1.82) is 0 Å². The van der Waals surface area contributed by atoms with Crippen LogP contribution in [0.4, 0.5) is 0 Å². The summed E-state index contributed by atoms with van der Waals surface area (Å²) in [4.78, 5) is 8.30. The van der Waals surface area contributed by atoms with Crippen LogP contribution in [0.1, 0.15) is 20.8 Å². The van der Waals surface area contributed by atoms with E-state index in [9.17, 15) is 0 Å². The summed E-state index contributed by atoms with van der Waals surface area (Å²) in [5, 5.41) is 20.1. The van der Waals surface area contributed by atoms with E-state index in [1.165, 1.54) is 0 Å². The standard InChI is InChI=1S/C4H11BO5/c1-4(2,3)8-10-9-5(6)7/h6-7H,1-3H3. The van der Waals surface area contributed by atoms with Crippen LogP contribution in [0.5, 0.6) is 0 Å². The zero-order valence-electron chi connectivity index (χ0n) is 6.20. The van der Waals surface area contributed by atoms with E-state index in [1.54, 1.807) is 20.8 Å². The molecule has 0 aromatic heterocycles. The van der Waals surface area contributed by atoms with Gasteiger partial charge in [-0.25, -0.2) is 9.69 Å². The van der Waals surface area contributed by atoms with Gasteiger partial charge in [0.2, 0.25) is 0 Å². The summed E-state index contributed by atoms with van der Waals surface area (Å²) in [6.07, 6.45) is 0. The van der Waals surface area contributed by atoms with E-state index in [2.05, 4.69) is 14.7 Å². The van der Waals surface area contributed by atoms with E-state index < -0.39 is 12.9 Å². The normalized spacial score (nSPS) is 11.7. The number of hydrogen-bond acceptors (Lipinski definition) is 5. The van der Waals surface area contributed by atoms with Gasteiger partial charge in [0.15, 0.2) is 0 Å². The molecule has 0 aliphatic rings. The summed E-state index contributed by atoms with van der Waals surface area (Å²) in [7, 11) is -1.97. The first kappa shape index (κ1) is 9.86. The first-order valence-electron chi connectivity index (χ1n) is 2.79. The van der Waals surface area contributed by atoms with Gasteiger partial charge in [-0.15, -0.1) is 0 Å². The van der Waals surface area contributed by atoms with Crippen molar-refractivity contribution in [3.05, 3.63) is 0 Å². The van der Waals surface area contributed by atoms with Crippen LogP contribution in [0.15, 0.2) is 0 Å². The first-order valence-corrected chi connectivity index (χ1v) is 2.79. The van der Waals surface area contributed by atoms with Crippen LogP contribution >= 0.6 is 0 Å². The number of hydrogen-bond donors (Lipinski definition) is 2. The fourth-order valence-electron chi connectivity index (χ4n) is 0.157. The Balaban J connectivity index is 3.21. The fraction of sp³-hybridized carbons (Fsp3) is 1.00. The lowest BCUT2D eigenvalue weighted by Gasteiger charge is -2.15. The van der Waals surface area contributed by atoms with Crippen LogP contribution in [-0.4, -0.2) is 23.0 Å². The zero-order valence-corrected chi connectivity index (χ0v) is 6.20. The van der Waals surface area contributed by atoms with Gasteiger partial charge in [-0.1, -0.05) is 5.04 Å². The highest BCUT2D eigenvalue weighted by Crippen LogP contribution is 2.06. The minimum Gasteiger partial charge on any atom is -0.400 e. The second-order valence-corrected chi connectivity index (χ2v) is 2.69. The molecule has 0 aromatic carbocycles. The number of rotatable bonds is 3. The average Bonchev–Trinajstić information content (AvgIpc) is 1.59. The maximum Gasteiger partial charge on any atom is 0.664 e. The van der Waals surface area contributed by atoms with Crippen molar-refractivity contribution in [2.75, 3.05) is 0 Å². The lowest BCUT2D eigenvalue weighted by molar-refractivity contribution is -0.508. The summed E-state index contributed by atoms with van der Waals surface area (Å²) < 4.78 is 0. The minimum atomic E-state index is -1.97. The Morgan fingerprint density at radius 3 is 2.00 bits per heavy atom. The van der Waals surface area contributed by atoms with Gasteiger partial charge in [0, 0.05) is 0 Å². The Morgan fingerprint density at radius 2 is 1.70 bits per heavy atom. The highest BCUT2D eigenvalue weighted by atomic mass is 17.5. The van der Waals surface area contributed by atoms with Crippen molar-refractivity contribution in [3.8, 4) is 0 Å². The molecule has 0 atom stereocenters.